The predicted octanol–water partition coefficient (Wildman–Crippen LogP) is 3.15. The minimum absolute atomic E-state index is 0.257. The lowest BCUT2D eigenvalue weighted by molar-refractivity contribution is 0.595. The van der Waals surface area contributed by atoms with E-state index >= 15 is 0 Å². The number of guanidine groups is 1. The van der Waals surface area contributed by atoms with E-state index in [0.717, 1.165) is 16.8 Å². The monoisotopic (exact) mass is 380 g/mol. The van der Waals surface area contributed by atoms with Gasteiger partial charge in [-0.25, -0.2) is 13.4 Å². The summed E-state index contributed by atoms with van der Waals surface area (Å²) in [5.74, 6) is 0.276. The van der Waals surface area contributed by atoms with Gasteiger partial charge >= 0.3 is 0 Å². The van der Waals surface area contributed by atoms with Crippen molar-refractivity contribution < 1.29 is 8.42 Å². The van der Waals surface area contributed by atoms with Crippen molar-refractivity contribution in [2.24, 2.45) is 10.7 Å². The topological polar surface area (TPSA) is 97.4 Å². The average molecular weight is 380 g/mol. The van der Waals surface area contributed by atoms with Crippen molar-refractivity contribution in [2.75, 3.05) is 5.32 Å². The summed E-state index contributed by atoms with van der Waals surface area (Å²) in [7, 11) is -3.54. The molecule has 0 radical (unpaired) electrons. The Morgan fingerprint density at radius 2 is 1.70 bits per heavy atom. The van der Waals surface area contributed by atoms with Gasteiger partial charge in [0.2, 0.25) is 9.84 Å². The first kappa shape index (κ1) is 18.6. The fourth-order valence-corrected chi connectivity index (χ4v) is 4.06. The van der Waals surface area contributed by atoms with Gasteiger partial charge in [0.05, 0.1) is 16.3 Å². The van der Waals surface area contributed by atoms with E-state index in [-0.39, 0.29) is 10.9 Å². The van der Waals surface area contributed by atoms with Crippen LogP contribution in [0.4, 0.5) is 5.69 Å². The molecule has 6 nitrogen and oxygen atoms in total. The van der Waals surface area contributed by atoms with Gasteiger partial charge in [-0.2, -0.15) is 0 Å². The van der Waals surface area contributed by atoms with Crippen LogP contribution in [0.2, 0.25) is 0 Å². The number of nitrogens with zero attached hydrogens (tertiary/aromatic N) is 2. The van der Waals surface area contributed by atoms with Crippen LogP contribution in [0.1, 0.15) is 11.1 Å². The number of aromatic nitrogens is 1. The van der Waals surface area contributed by atoms with Crippen LogP contribution in [-0.4, -0.2) is 19.4 Å². The number of pyridine rings is 1. The molecule has 7 heteroatoms. The second-order valence-corrected chi connectivity index (χ2v) is 7.89. The standard InChI is InChI=1S/C20H20N4O2S/c1-15-4-2-3-5-19(15)27(25,26)18-8-6-16(7-9-18)14-23-20(21)24-17-10-12-22-13-11-17/h2-13H,14H2,1H3,(H3,21,22,23,24). The molecule has 0 aliphatic carbocycles. The summed E-state index contributed by atoms with van der Waals surface area (Å²) in [6.45, 7) is 2.13. The number of benzene rings is 2. The maximum absolute atomic E-state index is 12.8. The van der Waals surface area contributed by atoms with Gasteiger partial charge < -0.3 is 11.1 Å². The maximum Gasteiger partial charge on any atom is 0.206 e. The Morgan fingerprint density at radius 3 is 2.37 bits per heavy atom. The smallest absolute Gasteiger partial charge is 0.206 e. The largest absolute Gasteiger partial charge is 0.370 e. The number of aryl methyl sites for hydroxylation is 1. The van der Waals surface area contributed by atoms with Gasteiger partial charge in [0.1, 0.15) is 0 Å². The quantitative estimate of drug-likeness (QED) is 0.523. The van der Waals surface area contributed by atoms with Crippen molar-refractivity contribution >= 4 is 21.5 Å². The maximum atomic E-state index is 12.8. The molecule has 0 aliphatic rings. The molecule has 0 spiro atoms. The number of hydrogen-bond acceptors (Lipinski definition) is 4. The Hall–Kier alpha value is -3.19. The third kappa shape index (κ3) is 4.51. The van der Waals surface area contributed by atoms with E-state index < -0.39 is 9.84 Å². The van der Waals surface area contributed by atoms with E-state index in [4.69, 9.17) is 5.73 Å². The lowest BCUT2D eigenvalue weighted by atomic mass is 10.2. The van der Waals surface area contributed by atoms with Crippen molar-refractivity contribution in [1.29, 1.82) is 0 Å². The average Bonchev–Trinajstić information content (AvgIpc) is 2.68. The van der Waals surface area contributed by atoms with Crippen LogP contribution in [0.5, 0.6) is 0 Å². The van der Waals surface area contributed by atoms with Crippen LogP contribution in [0.15, 0.2) is 87.8 Å². The molecular formula is C20H20N4O2S. The molecule has 1 heterocycles. The Bertz CT molecular complexity index is 1050. The Balaban J connectivity index is 1.72. The molecule has 0 aliphatic heterocycles. The highest BCUT2D eigenvalue weighted by atomic mass is 32.2. The molecule has 0 fully saturated rings. The molecule has 0 unspecified atom stereocenters. The van der Waals surface area contributed by atoms with E-state index in [1.165, 1.54) is 0 Å². The minimum atomic E-state index is -3.54. The zero-order valence-corrected chi connectivity index (χ0v) is 15.6. The van der Waals surface area contributed by atoms with Gasteiger partial charge in [0, 0.05) is 18.1 Å². The second-order valence-electron chi connectivity index (χ2n) is 5.98. The fourth-order valence-electron chi connectivity index (χ4n) is 2.56. The van der Waals surface area contributed by atoms with Crippen LogP contribution >= 0.6 is 0 Å². The van der Waals surface area contributed by atoms with Crippen LogP contribution in [0.25, 0.3) is 0 Å². The summed E-state index contributed by atoms with van der Waals surface area (Å²) in [6, 6.07) is 17.2. The number of nitrogens with two attached hydrogens (primary N) is 1. The van der Waals surface area contributed by atoms with Crippen LogP contribution < -0.4 is 11.1 Å². The summed E-state index contributed by atoms with van der Waals surface area (Å²) >= 11 is 0. The number of sulfone groups is 1. The molecule has 0 saturated heterocycles. The van der Waals surface area contributed by atoms with Gasteiger partial charge in [-0.05, 0) is 48.4 Å². The fraction of sp³-hybridized carbons (Fsp3) is 0.100. The number of aliphatic imine (C=N–C) groups is 1. The molecule has 0 saturated carbocycles. The highest BCUT2D eigenvalue weighted by Gasteiger charge is 2.19. The summed E-state index contributed by atoms with van der Waals surface area (Å²) < 4.78 is 25.5. The molecule has 3 aromatic rings. The van der Waals surface area contributed by atoms with E-state index in [1.807, 2.05) is 6.07 Å². The third-order valence-corrected chi connectivity index (χ3v) is 5.93. The lowest BCUT2D eigenvalue weighted by Crippen LogP contribution is -2.22. The van der Waals surface area contributed by atoms with Crippen LogP contribution in [-0.2, 0) is 16.4 Å². The Kier molecular flexibility index (Phi) is 5.52. The Labute approximate surface area is 158 Å². The molecule has 2 aromatic carbocycles. The third-order valence-electron chi connectivity index (χ3n) is 4.00. The summed E-state index contributed by atoms with van der Waals surface area (Å²) in [6.07, 6.45) is 3.31. The molecular weight excluding hydrogens is 360 g/mol. The summed E-state index contributed by atoms with van der Waals surface area (Å²) in [4.78, 5) is 8.78. The molecule has 3 N–H and O–H groups in total. The van der Waals surface area contributed by atoms with E-state index in [1.54, 1.807) is 73.9 Å². The van der Waals surface area contributed by atoms with Gasteiger partial charge in [-0.15, -0.1) is 0 Å². The van der Waals surface area contributed by atoms with Gasteiger partial charge in [0.25, 0.3) is 0 Å². The van der Waals surface area contributed by atoms with Crippen molar-refractivity contribution in [3.8, 4) is 0 Å². The first-order valence-electron chi connectivity index (χ1n) is 8.33. The molecule has 1 aromatic heterocycles. The second kappa shape index (κ2) is 8.01. The highest BCUT2D eigenvalue weighted by molar-refractivity contribution is 7.91. The molecule has 0 atom stereocenters. The van der Waals surface area contributed by atoms with Crippen molar-refractivity contribution in [3.63, 3.8) is 0 Å². The van der Waals surface area contributed by atoms with Gasteiger partial charge in [0.15, 0.2) is 5.96 Å². The molecule has 0 bridgehead atoms. The SMILES string of the molecule is Cc1ccccc1S(=O)(=O)c1ccc(CN=C(N)Nc2ccncc2)cc1. The van der Waals surface area contributed by atoms with Crippen LogP contribution in [0.3, 0.4) is 0 Å². The zero-order valence-electron chi connectivity index (χ0n) is 14.8. The first-order valence-corrected chi connectivity index (χ1v) is 9.82. The molecule has 27 heavy (non-hydrogen) atoms. The molecule has 138 valence electrons. The van der Waals surface area contributed by atoms with E-state index in [2.05, 4.69) is 15.3 Å². The van der Waals surface area contributed by atoms with Crippen molar-refractivity contribution in [3.05, 3.63) is 84.2 Å². The first-order chi connectivity index (χ1) is 13.0. The van der Waals surface area contributed by atoms with Gasteiger partial charge in [-0.1, -0.05) is 30.3 Å². The number of rotatable bonds is 5. The lowest BCUT2D eigenvalue weighted by Gasteiger charge is -2.08. The number of anilines is 1. The summed E-state index contributed by atoms with van der Waals surface area (Å²) in [5, 5.41) is 2.97. The van der Waals surface area contributed by atoms with Gasteiger partial charge in [-0.3, -0.25) is 4.98 Å². The van der Waals surface area contributed by atoms with Crippen LogP contribution in [0, 0.1) is 6.92 Å². The minimum Gasteiger partial charge on any atom is -0.370 e. The number of nitrogens with one attached hydrogen (secondary N) is 1. The molecule has 0 amide bonds. The molecule has 3 rings (SSSR count). The van der Waals surface area contributed by atoms with E-state index in [9.17, 15) is 8.42 Å². The van der Waals surface area contributed by atoms with Crippen molar-refractivity contribution in [1.82, 2.24) is 4.98 Å². The number of hydrogen-bond donors (Lipinski definition) is 2. The highest BCUT2D eigenvalue weighted by Crippen LogP contribution is 2.24. The normalized spacial score (nSPS) is 12.0. The predicted molar refractivity (Wildman–Crippen MR) is 106 cm³/mol. The van der Waals surface area contributed by atoms with E-state index in [0.29, 0.717) is 11.4 Å². The zero-order chi connectivity index (χ0) is 19.3. The summed E-state index contributed by atoms with van der Waals surface area (Å²) in [5.41, 5.74) is 8.25. The van der Waals surface area contributed by atoms with Crippen molar-refractivity contribution in [2.45, 2.75) is 23.3 Å². The Morgan fingerprint density at radius 1 is 1.04 bits per heavy atom.